The molecule has 0 saturated heterocycles. The minimum Gasteiger partial charge on any atom is -0.496 e. The summed E-state index contributed by atoms with van der Waals surface area (Å²) in [5.74, 6) is 1.89. The molecule has 3 rings (SSSR count). The summed E-state index contributed by atoms with van der Waals surface area (Å²) in [7, 11) is 4.59. The molecule has 2 N–H and O–H groups in total. The Morgan fingerprint density at radius 1 is 1.11 bits per heavy atom. The number of nitrogens with zero attached hydrogens (tertiary/aromatic N) is 1. The lowest BCUT2D eigenvalue weighted by Crippen LogP contribution is -2.31. The first-order chi connectivity index (χ1) is 13.5. The second-order valence-electron chi connectivity index (χ2n) is 6.24. The quantitative estimate of drug-likeness (QED) is 0.539. The molecule has 0 unspecified atom stereocenters. The van der Waals surface area contributed by atoms with Crippen molar-refractivity contribution in [2.75, 3.05) is 32.4 Å². The van der Waals surface area contributed by atoms with Crippen molar-refractivity contribution in [2.24, 2.45) is 0 Å². The standard InChI is InChI=1S/C19H23N3O5S/c1-5-6-28-19-21-17-16(18(24)22-19)11(8-15(23)20-17)10-7-13(26-3)14(27-4)9-12(10)25-2/h7,9,11H,5-6,8H2,1-4H3,(H2,20,21,22,23,24)/t11-/m0/s1. The van der Waals surface area contributed by atoms with Gasteiger partial charge in [0.25, 0.3) is 5.56 Å². The van der Waals surface area contributed by atoms with Crippen LogP contribution in [0, 0.1) is 0 Å². The van der Waals surface area contributed by atoms with Gasteiger partial charge in [-0.3, -0.25) is 9.59 Å². The number of thioether (sulfide) groups is 1. The molecule has 1 amide bonds. The minimum absolute atomic E-state index is 0.102. The molecule has 0 radical (unpaired) electrons. The Kier molecular flexibility index (Phi) is 6.13. The SMILES string of the molecule is CCCSc1nc2c(c(=O)[nH]1)[C@H](c1cc(OC)c(OC)cc1OC)CC(=O)N2. The molecule has 0 saturated carbocycles. The van der Waals surface area contributed by atoms with Gasteiger partial charge in [0.15, 0.2) is 16.7 Å². The number of methoxy groups -OCH3 is 3. The second-order valence-corrected chi connectivity index (χ2v) is 7.32. The number of rotatable bonds is 7. The number of carbonyl (C=O) groups excluding carboxylic acids is 1. The molecule has 1 atom stereocenters. The summed E-state index contributed by atoms with van der Waals surface area (Å²) in [4.78, 5) is 32.5. The third kappa shape index (κ3) is 3.80. The average Bonchev–Trinajstić information content (AvgIpc) is 2.70. The minimum atomic E-state index is -0.514. The monoisotopic (exact) mass is 405 g/mol. The van der Waals surface area contributed by atoms with Crippen molar-refractivity contribution in [1.29, 1.82) is 0 Å². The van der Waals surface area contributed by atoms with Gasteiger partial charge in [0.2, 0.25) is 5.91 Å². The van der Waals surface area contributed by atoms with Crippen LogP contribution in [0.15, 0.2) is 22.1 Å². The van der Waals surface area contributed by atoms with Gasteiger partial charge in [-0.05, 0) is 12.5 Å². The van der Waals surface area contributed by atoms with Crippen molar-refractivity contribution < 1.29 is 19.0 Å². The molecule has 9 heteroatoms. The maximum atomic E-state index is 12.9. The molecule has 0 aliphatic carbocycles. The van der Waals surface area contributed by atoms with Gasteiger partial charge in [-0.15, -0.1) is 0 Å². The molecule has 2 heterocycles. The van der Waals surface area contributed by atoms with E-state index in [4.69, 9.17) is 14.2 Å². The number of anilines is 1. The van der Waals surface area contributed by atoms with Crippen LogP contribution >= 0.6 is 11.8 Å². The second kappa shape index (κ2) is 8.55. The van der Waals surface area contributed by atoms with Gasteiger partial charge < -0.3 is 24.5 Å². The van der Waals surface area contributed by atoms with Crippen LogP contribution in [0.25, 0.3) is 0 Å². The number of carbonyl (C=O) groups is 1. The number of hydrogen-bond acceptors (Lipinski definition) is 7. The van der Waals surface area contributed by atoms with Gasteiger partial charge >= 0.3 is 0 Å². The van der Waals surface area contributed by atoms with Crippen LogP contribution < -0.4 is 25.1 Å². The van der Waals surface area contributed by atoms with Crippen molar-refractivity contribution in [3.8, 4) is 17.2 Å². The number of hydrogen-bond donors (Lipinski definition) is 2. The molecule has 1 aromatic heterocycles. The zero-order valence-corrected chi connectivity index (χ0v) is 17.1. The van der Waals surface area contributed by atoms with E-state index in [9.17, 15) is 9.59 Å². The van der Waals surface area contributed by atoms with Crippen molar-refractivity contribution in [2.45, 2.75) is 30.8 Å². The van der Waals surface area contributed by atoms with Crippen LogP contribution in [-0.2, 0) is 4.79 Å². The summed E-state index contributed by atoms with van der Waals surface area (Å²) in [5.41, 5.74) is 0.800. The Morgan fingerprint density at radius 3 is 2.43 bits per heavy atom. The lowest BCUT2D eigenvalue weighted by molar-refractivity contribution is -0.116. The van der Waals surface area contributed by atoms with Gasteiger partial charge in [-0.25, -0.2) is 4.98 Å². The molecule has 28 heavy (non-hydrogen) atoms. The number of aromatic nitrogens is 2. The van der Waals surface area contributed by atoms with E-state index in [1.807, 2.05) is 6.92 Å². The van der Waals surface area contributed by atoms with E-state index in [2.05, 4.69) is 15.3 Å². The zero-order chi connectivity index (χ0) is 20.3. The maximum absolute atomic E-state index is 12.9. The Labute approximate surface area is 167 Å². The Hall–Kier alpha value is -2.68. The molecule has 0 spiro atoms. The largest absolute Gasteiger partial charge is 0.496 e. The highest BCUT2D eigenvalue weighted by molar-refractivity contribution is 7.99. The number of nitrogens with one attached hydrogen (secondary N) is 2. The molecule has 2 aromatic rings. The topological polar surface area (TPSA) is 103 Å². The summed E-state index contributed by atoms with van der Waals surface area (Å²) < 4.78 is 16.2. The number of amides is 1. The molecular formula is C19H23N3O5S. The highest BCUT2D eigenvalue weighted by Gasteiger charge is 2.33. The fraction of sp³-hybridized carbons (Fsp3) is 0.421. The maximum Gasteiger partial charge on any atom is 0.257 e. The summed E-state index contributed by atoms with van der Waals surface area (Å²) >= 11 is 1.45. The molecule has 1 aliphatic rings. The van der Waals surface area contributed by atoms with Crippen molar-refractivity contribution in [1.82, 2.24) is 9.97 Å². The Bertz CT molecular complexity index is 944. The van der Waals surface area contributed by atoms with Crippen molar-refractivity contribution in [3.63, 3.8) is 0 Å². The molecule has 0 bridgehead atoms. The third-order valence-corrected chi connectivity index (χ3v) is 5.56. The molecule has 8 nitrogen and oxygen atoms in total. The number of fused-ring (bicyclic) bond motifs is 1. The number of aromatic amines is 1. The zero-order valence-electron chi connectivity index (χ0n) is 16.3. The predicted molar refractivity (Wildman–Crippen MR) is 107 cm³/mol. The lowest BCUT2D eigenvalue weighted by atomic mass is 9.86. The van der Waals surface area contributed by atoms with Gasteiger partial charge in [0.1, 0.15) is 11.6 Å². The predicted octanol–water partition coefficient (Wildman–Crippen LogP) is 2.77. The van der Waals surface area contributed by atoms with E-state index < -0.39 is 5.92 Å². The van der Waals surface area contributed by atoms with Crippen LogP contribution in [0.5, 0.6) is 17.2 Å². The highest BCUT2D eigenvalue weighted by Crippen LogP contribution is 2.43. The first kappa shape index (κ1) is 20.1. The molecular weight excluding hydrogens is 382 g/mol. The van der Waals surface area contributed by atoms with Gasteiger partial charge in [-0.2, -0.15) is 0 Å². The summed E-state index contributed by atoms with van der Waals surface area (Å²) in [6.45, 7) is 2.05. The first-order valence-electron chi connectivity index (χ1n) is 8.89. The lowest BCUT2D eigenvalue weighted by Gasteiger charge is -2.26. The van der Waals surface area contributed by atoms with Gasteiger partial charge in [-0.1, -0.05) is 18.7 Å². The van der Waals surface area contributed by atoms with E-state index in [1.54, 1.807) is 12.1 Å². The van der Waals surface area contributed by atoms with Crippen LogP contribution in [0.4, 0.5) is 5.82 Å². The van der Waals surface area contributed by atoms with Crippen LogP contribution in [0.2, 0.25) is 0 Å². The Morgan fingerprint density at radius 2 is 1.79 bits per heavy atom. The third-order valence-electron chi connectivity index (χ3n) is 4.48. The van der Waals surface area contributed by atoms with Crippen molar-refractivity contribution >= 4 is 23.5 Å². The fourth-order valence-corrected chi connectivity index (χ4v) is 3.93. The van der Waals surface area contributed by atoms with Gasteiger partial charge in [0, 0.05) is 29.7 Å². The summed E-state index contributed by atoms with van der Waals surface area (Å²) in [5, 5.41) is 3.22. The van der Waals surface area contributed by atoms with Gasteiger partial charge in [0.05, 0.1) is 26.9 Å². The molecule has 1 aromatic carbocycles. The number of benzene rings is 1. The average molecular weight is 405 g/mol. The Balaban J connectivity index is 2.15. The van der Waals surface area contributed by atoms with E-state index in [0.717, 1.165) is 12.2 Å². The fourth-order valence-electron chi connectivity index (χ4n) is 3.21. The molecule has 1 aliphatic heterocycles. The van der Waals surface area contributed by atoms with E-state index in [-0.39, 0.29) is 17.9 Å². The van der Waals surface area contributed by atoms with Crippen LogP contribution in [-0.4, -0.2) is 43.0 Å². The summed E-state index contributed by atoms with van der Waals surface area (Å²) in [6, 6.07) is 3.43. The smallest absolute Gasteiger partial charge is 0.257 e. The van der Waals surface area contributed by atoms with E-state index in [1.165, 1.54) is 33.1 Å². The van der Waals surface area contributed by atoms with E-state index >= 15 is 0 Å². The molecule has 150 valence electrons. The number of H-pyrrole nitrogens is 1. The number of ether oxygens (including phenoxy) is 3. The van der Waals surface area contributed by atoms with Crippen molar-refractivity contribution in [3.05, 3.63) is 33.6 Å². The van der Waals surface area contributed by atoms with Crippen LogP contribution in [0.3, 0.4) is 0 Å². The van der Waals surface area contributed by atoms with Crippen LogP contribution in [0.1, 0.15) is 36.8 Å². The normalized spacial score (nSPS) is 15.6. The van der Waals surface area contributed by atoms with E-state index in [0.29, 0.717) is 39.3 Å². The first-order valence-corrected chi connectivity index (χ1v) is 9.87. The summed E-state index contributed by atoms with van der Waals surface area (Å²) in [6.07, 6.45) is 1.05. The highest BCUT2D eigenvalue weighted by atomic mass is 32.2. The molecule has 0 fully saturated rings.